The smallest absolute Gasteiger partial charge is 0.266 e. The van der Waals surface area contributed by atoms with Gasteiger partial charge in [0.1, 0.15) is 16.5 Å². The van der Waals surface area contributed by atoms with Crippen molar-refractivity contribution < 1.29 is 17.9 Å². The third kappa shape index (κ3) is 3.96. The maximum absolute atomic E-state index is 13.5. The van der Waals surface area contributed by atoms with Gasteiger partial charge in [0.05, 0.1) is 18.3 Å². The van der Waals surface area contributed by atoms with Crippen LogP contribution in [0, 0.1) is 6.92 Å². The Morgan fingerprint density at radius 3 is 2.65 bits per heavy atom. The molecular formula is C24H23N5O4S. The average molecular weight is 478 g/mol. The molecule has 2 aromatic heterocycles. The van der Waals surface area contributed by atoms with Gasteiger partial charge in [-0.2, -0.15) is 9.78 Å². The molecule has 1 amide bonds. The summed E-state index contributed by atoms with van der Waals surface area (Å²) in [6, 6.07) is 17.7. The van der Waals surface area contributed by atoms with Gasteiger partial charge in [0, 0.05) is 30.1 Å². The first-order valence-electron chi connectivity index (χ1n) is 10.8. The van der Waals surface area contributed by atoms with Crippen molar-refractivity contribution in [3.63, 3.8) is 0 Å². The maximum atomic E-state index is 13.5. The molecule has 0 aliphatic carbocycles. The molecule has 10 heteroatoms. The van der Waals surface area contributed by atoms with Crippen molar-refractivity contribution in [2.45, 2.75) is 24.7 Å². The van der Waals surface area contributed by atoms with E-state index in [1.807, 2.05) is 30.3 Å². The van der Waals surface area contributed by atoms with E-state index in [-0.39, 0.29) is 22.4 Å². The third-order valence-electron chi connectivity index (χ3n) is 5.69. The molecule has 0 atom stereocenters. The first-order chi connectivity index (χ1) is 16.4. The topological polar surface area (TPSA) is 106 Å². The number of carbonyl (C=O) groups is 1. The summed E-state index contributed by atoms with van der Waals surface area (Å²) in [6.07, 6.45) is 1.19. The van der Waals surface area contributed by atoms with Gasteiger partial charge in [0.15, 0.2) is 5.82 Å². The molecule has 1 fully saturated rings. The molecule has 1 N–H and O–H groups in total. The Balaban J connectivity index is 1.54. The fourth-order valence-electron chi connectivity index (χ4n) is 4.08. The van der Waals surface area contributed by atoms with Crippen molar-refractivity contribution >= 4 is 38.3 Å². The van der Waals surface area contributed by atoms with Gasteiger partial charge in [-0.15, -0.1) is 0 Å². The first kappa shape index (κ1) is 21.9. The lowest BCUT2D eigenvalue weighted by Gasteiger charge is -2.19. The number of aromatic nitrogens is 3. The number of nitrogens with zero attached hydrogens (tertiary/aromatic N) is 4. The molecule has 1 aliphatic heterocycles. The second-order valence-electron chi connectivity index (χ2n) is 8.03. The van der Waals surface area contributed by atoms with E-state index in [0.29, 0.717) is 30.2 Å². The number of para-hydroxylation sites is 1. The van der Waals surface area contributed by atoms with Gasteiger partial charge >= 0.3 is 0 Å². The Bertz CT molecular complexity index is 1510. The van der Waals surface area contributed by atoms with E-state index in [1.54, 1.807) is 36.1 Å². The number of hydrogen-bond acceptors (Lipinski definition) is 6. The average Bonchev–Trinajstić information content (AvgIpc) is 3.42. The second-order valence-corrected chi connectivity index (χ2v) is 9.69. The Kier molecular flexibility index (Phi) is 5.45. The number of nitrogens with one attached hydrogen (secondary N) is 1. The molecular weight excluding hydrogens is 454 g/mol. The number of pyridine rings is 1. The van der Waals surface area contributed by atoms with E-state index in [1.165, 1.54) is 17.9 Å². The van der Waals surface area contributed by atoms with Crippen LogP contribution in [0.3, 0.4) is 0 Å². The molecule has 0 radical (unpaired) electrons. The van der Waals surface area contributed by atoms with Crippen LogP contribution in [-0.4, -0.2) is 42.7 Å². The predicted molar refractivity (Wildman–Crippen MR) is 129 cm³/mol. The van der Waals surface area contributed by atoms with E-state index in [0.717, 1.165) is 17.3 Å². The zero-order valence-electron chi connectivity index (χ0n) is 18.7. The molecule has 34 heavy (non-hydrogen) atoms. The van der Waals surface area contributed by atoms with Crippen molar-refractivity contribution in [1.82, 2.24) is 14.8 Å². The van der Waals surface area contributed by atoms with Crippen molar-refractivity contribution in [2.75, 3.05) is 23.3 Å². The monoisotopic (exact) mass is 477 g/mol. The largest absolute Gasteiger partial charge is 0.495 e. The number of carbonyl (C=O) groups excluding carboxylic acids is 1. The zero-order valence-corrected chi connectivity index (χ0v) is 19.5. The van der Waals surface area contributed by atoms with Crippen molar-refractivity contribution in [3.05, 3.63) is 66.4 Å². The molecule has 5 rings (SSSR count). The molecule has 0 unspecified atom stereocenters. The highest BCUT2D eigenvalue weighted by Crippen LogP contribution is 2.32. The molecule has 0 bridgehead atoms. The SMILES string of the molecule is COc1ccc(N2CCCC2=O)cc1S(=O)(=O)Nc1cc(C)nn1-c1ccc2ccccc2n1. The number of hydrogen-bond donors (Lipinski definition) is 1. The molecule has 4 aromatic rings. The minimum absolute atomic E-state index is 0.0300. The van der Waals surface area contributed by atoms with Crippen molar-refractivity contribution in [2.24, 2.45) is 0 Å². The van der Waals surface area contributed by atoms with E-state index < -0.39 is 10.0 Å². The Morgan fingerprint density at radius 1 is 1.06 bits per heavy atom. The van der Waals surface area contributed by atoms with Gasteiger partial charge in [-0.05, 0) is 49.7 Å². The van der Waals surface area contributed by atoms with Gasteiger partial charge in [0.2, 0.25) is 5.91 Å². The minimum atomic E-state index is -4.09. The highest BCUT2D eigenvalue weighted by atomic mass is 32.2. The van der Waals surface area contributed by atoms with E-state index in [2.05, 4.69) is 14.8 Å². The highest BCUT2D eigenvalue weighted by molar-refractivity contribution is 7.92. The Hall–Kier alpha value is -3.92. The number of ether oxygens (including phenoxy) is 1. The van der Waals surface area contributed by atoms with E-state index >= 15 is 0 Å². The Labute approximate surface area is 197 Å². The molecule has 1 aliphatic rings. The van der Waals surface area contributed by atoms with Crippen LogP contribution in [0.1, 0.15) is 18.5 Å². The summed E-state index contributed by atoms with van der Waals surface area (Å²) in [5.41, 5.74) is 1.91. The lowest BCUT2D eigenvalue weighted by Crippen LogP contribution is -2.24. The quantitative estimate of drug-likeness (QED) is 0.454. The van der Waals surface area contributed by atoms with Gasteiger partial charge < -0.3 is 9.64 Å². The molecule has 1 saturated heterocycles. The predicted octanol–water partition coefficient (Wildman–Crippen LogP) is 3.67. The number of rotatable bonds is 6. The number of methoxy groups -OCH3 is 1. The van der Waals surface area contributed by atoms with E-state index in [4.69, 9.17) is 4.74 Å². The van der Waals surface area contributed by atoms with Gasteiger partial charge in [-0.3, -0.25) is 9.52 Å². The summed E-state index contributed by atoms with van der Waals surface area (Å²) < 4.78 is 36.4. The molecule has 3 heterocycles. The van der Waals surface area contributed by atoms with Gasteiger partial charge in [-0.25, -0.2) is 13.4 Å². The van der Waals surface area contributed by atoms with Crippen molar-refractivity contribution in [1.29, 1.82) is 0 Å². The molecule has 0 spiro atoms. The van der Waals surface area contributed by atoms with Crippen LogP contribution in [-0.2, 0) is 14.8 Å². The van der Waals surface area contributed by atoms with Crippen LogP contribution in [0.15, 0.2) is 65.6 Å². The molecule has 174 valence electrons. The number of amides is 1. The number of benzene rings is 2. The molecule has 2 aromatic carbocycles. The molecule has 0 saturated carbocycles. The lowest BCUT2D eigenvalue weighted by molar-refractivity contribution is -0.117. The maximum Gasteiger partial charge on any atom is 0.266 e. The summed E-state index contributed by atoms with van der Waals surface area (Å²) in [7, 11) is -2.68. The lowest BCUT2D eigenvalue weighted by atomic mass is 10.2. The van der Waals surface area contributed by atoms with Crippen LogP contribution in [0.5, 0.6) is 5.75 Å². The van der Waals surface area contributed by atoms with E-state index in [9.17, 15) is 13.2 Å². The van der Waals surface area contributed by atoms with Crippen LogP contribution < -0.4 is 14.4 Å². The van der Waals surface area contributed by atoms with Crippen LogP contribution in [0.2, 0.25) is 0 Å². The highest BCUT2D eigenvalue weighted by Gasteiger charge is 2.27. The summed E-state index contributed by atoms with van der Waals surface area (Å²) in [5, 5.41) is 5.41. The summed E-state index contributed by atoms with van der Waals surface area (Å²) in [4.78, 5) is 18.3. The zero-order chi connectivity index (χ0) is 23.9. The van der Waals surface area contributed by atoms with Crippen molar-refractivity contribution in [3.8, 4) is 11.6 Å². The summed E-state index contributed by atoms with van der Waals surface area (Å²) in [5.74, 6) is 0.866. The summed E-state index contributed by atoms with van der Waals surface area (Å²) in [6.45, 7) is 2.33. The first-order valence-corrected chi connectivity index (χ1v) is 12.3. The number of sulfonamides is 1. The van der Waals surface area contributed by atoms with Crippen LogP contribution in [0.25, 0.3) is 16.7 Å². The number of anilines is 2. The number of fused-ring (bicyclic) bond motifs is 1. The normalized spacial score (nSPS) is 14.1. The molecule has 9 nitrogen and oxygen atoms in total. The van der Waals surface area contributed by atoms with Crippen LogP contribution >= 0.6 is 0 Å². The fraction of sp³-hybridized carbons (Fsp3) is 0.208. The number of aryl methyl sites for hydroxylation is 1. The standard InChI is InChI=1S/C24H23N5O4S/c1-16-14-23(29(26-16)22-12-9-17-6-3-4-7-19(17)25-22)27-34(31,32)21-15-18(10-11-20(21)33-2)28-13-5-8-24(28)30/h3-4,6-7,9-12,14-15,27H,5,8,13H2,1-2H3. The Morgan fingerprint density at radius 2 is 1.88 bits per heavy atom. The van der Waals surface area contributed by atoms with Gasteiger partial charge in [0.25, 0.3) is 10.0 Å². The summed E-state index contributed by atoms with van der Waals surface area (Å²) >= 11 is 0. The van der Waals surface area contributed by atoms with Gasteiger partial charge in [-0.1, -0.05) is 18.2 Å². The minimum Gasteiger partial charge on any atom is -0.495 e. The third-order valence-corrected chi connectivity index (χ3v) is 7.07. The van der Waals surface area contributed by atoms with Crippen LogP contribution in [0.4, 0.5) is 11.5 Å². The fourth-order valence-corrected chi connectivity index (χ4v) is 5.30. The second kappa shape index (κ2) is 8.45.